The van der Waals surface area contributed by atoms with Crippen molar-refractivity contribution >= 4 is 29.4 Å². The molecule has 0 spiro atoms. The number of aliphatic carboxylic acids is 1. The first-order valence-electron chi connectivity index (χ1n) is 6.03. The molecule has 2 rings (SSSR count). The number of phenols is 1. The number of carbonyl (C=O) groups excluding carboxylic acids is 1. The number of hydrogen-bond donors (Lipinski definition) is 2. The molecule has 0 aliphatic rings. The number of Topliss-reactive ketones (excluding diaryl/α,β-unsaturated/α-hetero) is 1. The fraction of sp³-hybridized carbons (Fsp3) is 0. The maximum Gasteiger partial charge on any atom is 0.339 e. The van der Waals surface area contributed by atoms with Gasteiger partial charge in [0.2, 0.25) is 5.78 Å². The van der Waals surface area contributed by atoms with Crippen LogP contribution in [-0.2, 0) is 4.79 Å². The Balaban J connectivity index is 2.50. The third kappa shape index (κ3) is 3.30. The molecule has 0 atom stereocenters. The largest absolute Gasteiger partial charge is 0.507 e. The Hall–Kier alpha value is -2.59. The van der Waals surface area contributed by atoms with Gasteiger partial charge in [-0.1, -0.05) is 41.9 Å². The number of para-hydroxylation sites is 1. The zero-order valence-electron chi connectivity index (χ0n) is 10.8. The van der Waals surface area contributed by atoms with Gasteiger partial charge in [-0.2, -0.15) is 0 Å². The van der Waals surface area contributed by atoms with Gasteiger partial charge in [0.1, 0.15) is 11.3 Å². The lowest BCUT2D eigenvalue weighted by molar-refractivity contribution is -0.132. The summed E-state index contributed by atoms with van der Waals surface area (Å²) < 4.78 is 0. The van der Waals surface area contributed by atoms with E-state index < -0.39 is 17.3 Å². The summed E-state index contributed by atoms with van der Waals surface area (Å²) in [6, 6.07) is 12.4. The molecule has 2 N–H and O–H groups in total. The highest BCUT2D eigenvalue weighted by Crippen LogP contribution is 2.23. The normalized spacial score (nSPS) is 11.2. The molecule has 2 aromatic carbocycles. The summed E-state index contributed by atoms with van der Waals surface area (Å²) in [5, 5.41) is 19.2. The van der Waals surface area contributed by atoms with Gasteiger partial charge in [-0.05, 0) is 29.8 Å². The number of hydrogen-bond acceptors (Lipinski definition) is 3. The molecule has 0 aliphatic heterocycles. The van der Waals surface area contributed by atoms with Gasteiger partial charge in [0, 0.05) is 5.02 Å². The summed E-state index contributed by atoms with van der Waals surface area (Å²) in [7, 11) is 0. The quantitative estimate of drug-likeness (QED) is 0.393. The van der Waals surface area contributed by atoms with Crippen LogP contribution in [0.4, 0.5) is 0 Å². The van der Waals surface area contributed by atoms with Gasteiger partial charge in [0.15, 0.2) is 0 Å². The average Bonchev–Trinajstić information content (AvgIpc) is 2.46. The average molecular weight is 303 g/mol. The molecule has 0 aliphatic carbocycles. The molecule has 21 heavy (non-hydrogen) atoms. The van der Waals surface area contributed by atoms with E-state index in [2.05, 4.69) is 0 Å². The van der Waals surface area contributed by atoms with Crippen molar-refractivity contribution in [2.75, 3.05) is 0 Å². The first-order chi connectivity index (χ1) is 10.0. The molecule has 5 heteroatoms. The van der Waals surface area contributed by atoms with Crippen molar-refractivity contribution in [1.29, 1.82) is 0 Å². The lowest BCUT2D eigenvalue weighted by atomic mass is 10.0. The van der Waals surface area contributed by atoms with Gasteiger partial charge in [-0.15, -0.1) is 0 Å². The van der Waals surface area contributed by atoms with Crippen molar-refractivity contribution in [1.82, 2.24) is 0 Å². The van der Waals surface area contributed by atoms with Crippen LogP contribution in [-0.4, -0.2) is 22.0 Å². The summed E-state index contributed by atoms with van der Waals surface area (Å²) in [5.41, 5.74) is -0.122. The zero-order chi connectivity index (χ0) is 15.4. The molecule has 2 aromatic rings. The van der Waals surface area contributed by atoms with E-state index in [9.17, 15) is 19.8 Å². The number of phenolic OH excluding ortho intramolecular Hbond substituents is 1. The van der Waals surface area contributed by atoms with Crippen molar-refractivity contribution in [2.45, 2.75) is 0 Å². The van der Waals surface area contributed by atoms with Crippen molar-refractivity contribution in [3.8, 4) is 5.75 Å². The lowest BCUT2D eigenvalue weighted by Gasteiger charge is -2.05. The number of halogens is 1. The lowest BCUT2D eigenvalue weighted by Crippen LogP contribution is -2.12. The number of rotatable bonds is 4. The predicted molar refractivity (Wildman–Crippen MR) is 79.5 cm³/mol. The van der Waals surface area contributed by atoms with Gasteiger partial charge in [0.25, 0.3) is 0 Å². The Morgan fingerprint density at radius 2 is 1.62 bits per heavy atom. The molecule has 0 bridgehead atoms. The van der Waals surface area contributed by atoms with E-state index in [1.165, 1.54) is 18.2 Å². The van der Waals surface area contributed by atoms with Gasteiger partial charge in [0.05, 0.1) is 5.56 Å². The fourth-order valence-corrected chi connectivity index (χ4v) is 1.97. The monoisotopic (exact) mass is 302 g/mol. The fourth-order valence-electron chi connectivity index (χ4n) is 1.78. The minimum atomic E-state index is -1.39. The summed E-state index contributed by atoms with van der Waals surface area (Å²) in [6.45, 7) is 0. The topological polar surface area (TPSA) is 74.6 Å². The van der Waals surface area contributed by atoms with Gasteiger partial charge < -0.3 is 10.2 Å². The van der Waals surface area contributed by atoms with Crippen LogP contribution in [0.5, 0.6) is 5.75 Å². The standard InChI is InChI=1S/C16H11ClO4/c17-13-7-3-1-5-10(13)9-12(16(20)21)15(19)11-6-2-4-8-14(11)18/h1-9,18H,(H,20,21). The van der Waals surface area contributed by atoms with Crippen LogP contribution in [0.1, 0.15) is 15.9 Å². The number of aromatic hydroxyl groups is 1. The Morgan fingerprint density at radius 3 is 2.24 bits per heavy atom. The van der Waals surface area contributed by atoms with E-state index in [1.807, 2.05) is 0 Å². The molecule has 0 amide bonds. The second-order valence-corrected chi connectivity index (χ2v) is 4.64. The molecule has 0 saturated heterocycles. The number of ketones is 1. The molecule has 0 aromatic heterocycles. The predicted octanol–water partition coefficient (Wildman–Crippen LogP) is 3.40. The van der Waals surface area contributed by atoms with E-state index in [1.54, 1.807) is 36.4 Å². The number of carbonyl (C=O) groups is 2. The van der Waals surface area contributed by atoms with Crippen molar-refractivity contribution < 1.29 is 19.8 Å². The van der Waals surface area contributed by atoms with Crippen LogP contribution >= 0.6 is 11.6 Å². The van der Waals surface area contributed by atoms with Crippen LogP contribution in [0.3, 0.4) is 0 Å². The maximum absolute atomic E-state index is 12.3. The van der Waals surface area contributed by atoms with E-state index >= 15 is 0 Å². The third-order valence-electron chi connectivity index (χ3n) is 2.83. The summed E-state index contributed by atoms with van der Waals surface area (Å²) in [5.74, 6) is -2.43. The smallest absolute Gasteiger partial charge is 0.339 e. The highest BCUT2D eigenvalue weighted by atomic mass is 35.5. The highest BCUT2D eigenvalue weighted by molar-refractivity contribution is 6.33. The van der Waals surface area contributed by atoms with Crippen molar-refractivity contribution in [2.24, 2.45) is 0 Å². The van der Waals surface area contributed by atoms with Crippen LogP contribution < -0.4 is 0 Å². The maximum atomic E-state index is 12.3. The first-order valence-corrected chi connectivity index (χ1v) is 6.40. The Labute approximate surface area is 125 Å². The zero-order valence-corrected chi connectivity index (χ0v) is 11.5. The number of carboxylic acid groups (broad SMARTS) is 1. The van der Waals surface area contributed by atoms with Crippen LogP contribution in [0.15, 0.2) is 54.1 Å². The molecule has 106 valence electrons. The SMILES string of the molecule is O=C(O)C(=Cc1ccccc1Cl)C(=O)c1ccccc1O. The Bertz CT molecular complexity index is 735. The molecule has 0 saturated carbocycles. The van der Waals surface area contributed by atoms with Gasteiger partial charge in [-0.3, -0.25) is 4.79 Å². The van der Waals surface area contributed by atoms with E-state index in [0.29, 0.717) is 10.6 Å². The molecular formula is C16H11ClO4. The summed E-state index contributed by atoms with van der Waals surface area (Å²) in [6.07, 6.45) is 1.19. The van der Waals surface area contributed by atoms with Gasteiger partial charge >= 0.3 is 5.97 Å². The number of carboxylic acids is 1. The minimum absolute atomic E-state index is 0.0711. The second-order valence-electron chi connectivity index (χ2n) is 4.23. The third-order valence-corrected chi connectivity index (χ3v) is 3.17. The highest BCUT2D eigenvalue weighted by Gasteiger charge is 2.21. The van der Waals surface area contributed by atoms with Crippen LogP contribution in [0.2, 0.25) is 5.02 Å². The van der Waals surface area contributed by atoms with E-state index in [0.717, 1.165) is 0 Å². The second kappa shape index (κ2) is 6.24. The first kappa shape index (κ1) is 14.8. The van der Waals surface area contributed by atoms with Gasteiger partial charge in [-0.25, -0.2) is 4.79 Å². The summed E-state index contributed by atoms with van der Waals surface area (Å²) in [4.78, 5) is 23.6. The van der Waals surface area contributed by atoms with Crippen molar-refractivity contribution in [3.63, 3.8) is 0 Å². The van der Waals surface area contributed by atoms with Crippen LogP contribution in [0.25, 0.3) is 6.08 Å². The number of benzene rings is 2. The molecule has 0 fully saturated rings. The Morgan fingerprint density at radius 1 is 1.00 bits per heavy atom. The summed E-state index contributed by atoms with van der Waals surface area (Å²) >= 11 is 5.96. The van der Waals surface area contributed by atoms with Crippen molar-refractivity contribution in [3.05, 3.63) is 70.3 Å². The molecule has 0 unspecified atom stereocenters. The Kier molecular flexibility index (Phi) is 4.40. The molecule has 4 nitrogen and oxygen atoms in total. The van der Waals surface area contributed by atoms with E-state index in [-0.39, 0.29) is 11.3 Å². The molecule has 0 radical (unpaired) electrons. The van der Waals surface area contributed by atoms with Crippen LogP contribution in [0, 0.1) is 0 Å². The molecular weight excluding hydrogens is 292 g/mol. The minimum Gasteiger partial charge on any atom is -0.507 e. The molecule has 0 heterocycles. The van der Waals surface area contributed by atoms with E-state index in [4.69, 9.17) is 11.6 Å².